The average Bonchev–Trinajstić information content (AvgIpc) is 2.55. The quantitative estimate of drug-likeness (QED) is 0.884. The van der Waals surface area contributed by atoms with Gasteiger partial charge in [0.2, 0.25) is 0 Å². The van der Waals surface area contributed by atoms with Crippen molar-refractivity contribution in [1.82, 2.24) is 0 Å². The summed E-state index contributed by atoms with van der Waals surface area (Å²) in [6, 6.07) is 6.76. The molecule has 1 aromatic carbocycles. The molecule has 0 aliphatic carbocycles. The third-order valence-electron chi connectivity index (χ3n) is 2.28. The minimum Gasteiger partial charge on any atom is -0.494 e. The summed E-state index contributed by atoms with van der Waals surface area (Å²) in [6.45, 7) is 2.46. The zero-order valence-corrected chi connectivity index (χ0v) is 10.1. The Hall–Kier alpha value is -1.53. The van der Waals surface area contributed by atoms with Gasteiger partial charge in [0.15, 0.2) is 0 Å². The van der Waals surface area contributed by atoms with Gasteiger partial charge in [-0.3, -0.25) is 9.59 Å². The van der Waals surface area contributed by atoms with Crippen LogP contribution in [0.5, 0.6) is 5.75 Å². The van der Waals surface area contributed by atoms with Crippen LogP contribution in [0.25, 0.3) is 0 Å². The number of hydrogen-bond donors (Lipinski definition) is 1. The SMILES string of the molecule is CCOc1ccc(N2C(=O)SC(N)C2=O)cc1. The second-order valence-corrected chi connectivity index (χ2v) is 4.50. The summed E-state index contributed by atoms with van der Waals surface area (Å²) in [5.41, 5.74) is 6.02. The van der Waals surface area contributed by atoms with Crippen LogP contribution in [-0.4, -0.2) is 23.1 Å². The minimum absolute atomic E-state index is 0.341. The zero-order chi connectivity index (χ0) is 12.4. The number of imide groups is 1. The Morgan fingerprint density at radius 2 is 2.00 bits per heavy atom. The van der Waals surface area contributed by atoms with E-state index < -0.39 is 5.37 Å². The molecule has 1 fully saturated rings. The van der Waals surface area contributed by atoms with E-state index in [-0.39, 0.29) is 11.1 Å². The summed E-state index contributed by atoms with van der Waals surface area (Å²) in [6.07, 6.45) is 0. The van der Waals surface area contributed by atoms with Crippen LogP contribution in [0.1, 0.15) is 6.92 Å². The first-order valence-corrected chi connectivity index (χ1v) is 6.04. The maximum absolute atomic E-state index is 11.7. The Bertz CT molecular complexity index is 447. The molecule has 6 heteroatoms. The highest BCUT2D eigenvalue weighted by Crippen LogP contribution is 2.30. The van der Waals surface area contributed by atoms with Gasteiger partial charge in [-0.2, -0.15) is 0 Å². The molecule has 90 valence electrons. The molecule has 1 saturated heterocycles. The van der Waals surface area contributed by atoms with E-state index in [1.54, 1.807) is 24.3 Å². The molecule has 2 N–H and O–H groups in total. The molecule has 0 spiro atoms. The number of nitrogens with zero attached hydrogens (tertiary/aromatic N) is 1. The third-order valence-corrected chi connectivity index (χ3v) is 3.12. The first-order valence-electron chi connectivity index (χ1n) is 5.16. The first-order chi connectivity index (χ1) is 8.13. The first kappa shape index (κ1) is 11.9. The van der Waals surface area contributed by atoms with E-state index in [9.17, 15) is 9.59 Å². The molecular formula is C11H12N2O3S. The monoisotopic (exact) mass is 252 g/mol. The molecule has 1 aromatic rings. The molecule has 1 unspecified atom stereocenters. The maximum Gasteiger partial charge on any atom is 0.294 e. The number of benzene rings is 1. The highest BCUT2D eigenvalue weighted by atomic mass is 32.2. The number of rotatable bonds is 3. The van der Waals surface area contributed by atoms with Crippen LogP contribution < -0.4 is 15.4 Å². The predicted molar refractivity (Wildman–Crippen MR) is 66.1 cm³/mol. The molecule has 0 radical (unpaired) electrons. The van der Waals surface area contributed by atoms with E-state index in [1.165, 1.54) is 0 Å². The van der Waals surface area contributed by atoms with Gasteiger partial charge in [-0.1, -0.05) is 0 Å². The average molecular weight is 252 g/mol. The summed E-state index contributed by atoms with van der Waals surface area (Å²) in [7, 11) is 0. The molecular weight excluding hydrogens is 240 g/mol. The van der Waals surface area contributed by atoms with Gasteiger partial charge in [0.05, 0.1) is 12.3 Å². The van der Waals surface area contributed by atoms with Crippen LogP contribution >= 0.6 is 11.8 Å². The van der Waals surface area contributed by atoms with Crippen LogP contribution in [-0.2, 0) is 4.79 Å². The van der Waals surface area contributed by atoms with Gasteiger partial charge >= 0.3 is 0 Å². The van der Waals surface area contributed by atoms with Gasteiger partial charge in [-0.15, -0.1) is 0 Å². The number of amides is 2. The minimum atomic E-state index is -0.797. The molecule has 1 heterocycles. The summed E-state index contributed by atoms with van der Waals surface area (Å²) >= 11 is 0.830. The lowest BCUT2D eigenvalue weighted by Crippen LogP contribution is -2.34. The summed E-state index contributed by atoms with van der Waals surface area (Å²) in [5, 5.41) is -1.14. The Morgan fingerprint density at radius 1 is 1.35 bits per heavy atom. The Kier molecular flexibility index (Phi) is 3.35. The lowest BCUT2D eigenvalue weighted by atomic mass is 10.3. The van der Waals surface area contributed by atoms with Crippen molar-refractivity contribution in [1.29, 1.82) is 0 Å². The van der Waals surface area contributed by atoms with Crippen molar-refractivity contribution in [3.8, 4) is 5.75 Å². The number of carbonyl (C=O) groups excluding carboxylic acids is 2. The zero-order valence-electron chi connectivity index (χ0n) is 9.25. The number of anilines is 1. The number of hydrogen-bond acceptors (Lipinski definition) is 5. The van der Waals surface area contributed by atoms with E-state index in [1.807, 2.05) is 6.92 Å². The van der Waals surface area contributed by atoms with Crippen molar-refractivity contribution in [3.63, 3.8) is 0 Å². The van der Waals surface area contributed by atoms with Gasteiger partial charge in [0, 0.05) is 0 Å². The molecule has 1 aliphatic heterocycles. The molecule has 2 rings (SSSR count). The highest BCUT2D eigenvalue weighted by molar-refractivity contribution is 8.15. The van der Waals surface area contributed by atoms with Crippen LogP contribution in [0.3, 0.4) is 0 Å². The summed E-state index contributed by atoms with van der Waals surface area (Å²) < 4.78 is 5.28. The topological polar surface area (TPSA) is 72.6 Å². The number of ether oxygens (including phenoxy) is 1. The normalized spacial score (nSPS) is 19.9. The largest absolute Gasteiger partial charge is 0.494 e. The standard InChI is InChI=1S/C11H12N2O3S/c1-2-16-8-5-3-7(4-6-8)13-10(14)9(12)17-11(13)15/h3-6,9H,2,12H2,1H3. The molecule has 0 aromatic heterocycles. The summed E-state index contributed by atoms with van der Waals surface area (Å²) in [4.78, 5) is 24.3. The molecule has 5 nitrogen and oxygen atoms in total. The Balaban J connectivity index is 2.22. The lowest BCUT2D eigenvalue weighted by Gasteiger charge is -2.13. The predicted octanol–water partition coefficient (Wildman–Crippen LogP) is 1.57. The van der Waals surface area contributed by atoms with Crippen molar-refractivity contribution >= 4 is 28.6 Å². The molecule has 2 amide bonds. The number of carbonyl (C=O) groups is 2. The van der Waals surface area contributed by atoms with E-state index >= 15 is 0 Å². The molecule has 1 atom stereocenters. The molecule has 0 saturated carbocycles. The fourth-order valence-corrected chi connectivity index (χ4v) is 2.24. The van der Waals surface area contributed by atoms with Crippen molar-refractivity contribution in [3.05, 3.63) is 24.3 Å². The van der Waals surface area contributed by atoms with Crippen LogP contribution in [0.15, 0.2) is 24.3 Å². The summed E-state index contributed by atoms with van der Waals surface area (Å²) in [5.74, 6) is 0.316. The lowest BCUT2D eigenvalue weighted by molar-refractivity contribution is -0.116. The van der Waals surface area contributed by atoms with Crippen LogP contribution in [0.4, 0.5) is 10.5 Å². The van der Waals surface area contributed by atoms with Gasteiger partial charge in [-0.05, 0) is 43.0 Å². The van der Waals surface area contributed by atoms with E-state index in [0.717, 1.165) is 16.7 Å². The third kappa shape index (κ3) is 2.27. The second-order valence-electron chi connectivity index (χ2n) is 3.40. The smallest absolute Gasteiger partial charge is 0.294 e. The van der Waals surface area contributed by atoms with Crippen LogP contribution in [0.2, 0.25) is 0 Å². The van der Waals surface area contributed by atoms with E-state index in [4.69, 9.17) is 10.5 Å². The molecule has 0 bridgehead atoms. The van der Waals surface area contributed by atoms with E-state index in [0.29, 0.717) is 18.0 Å². The van der Waals surface area contributed by atoms with Crippen molar-refractivity contribution in [2.24, 2.45) is 5.73 Å². The van der Waals surface area contributed by atoms with Crippen molar-refractivity contribution < 1.29 is 14.3 Å². The van der Waals surface area contributed by atoms with Gasteiger partial charge in [0.25, 0.3) is 11.1 Å². The number of nitrogens with two attached hydrogens (primary N) is 1. The van der Waals surface area contributed by atoms with Crippen molar-refractivity contribution in [2.75, 3.05) is 11.5 Å². The number of thioether (sulfide) groups is 1. The van der Waals surface area contributed by atoms with E-state index in [2.05, 4.69) is 0 Å². The van der Waals surface area contributed by atoms with Crippen molar-refractivity contribution in [2.45, 2.75) is 12.3 Å². The molecule has 17 heavy (non-hydrogen) atoms. The fraction of sp³-hybridized carbons (Fsp3) is 0.273. The van der Waals surface area contributed by atoms with Gasteiger partial charge in [-0.25, -0.2) is 4.90 Å². The van der Waals surface area contributed by atoms with Gasteiger partial charge < -0.3 is 10.5 Å². The van der Waals surface area contributed by atoms with Crippen LogP contribution in [0, 0.1) is 0 Å². The Labute approximate surface area is 103 Å². The maximum atomic E-state index is 11.7. The molecule has 1 aliphatic rings. The second kappa shape index (κ2) is 4.77. The Morgan fingerprint density at radius 3 is 2.47 bits per heavy atom. The van der Waals surface area contributed by atoms with Gasteiger partial charge in [0.1, 0.15) is 11.1 Å². The highest BCUT2D eigenvalue weighted by Gasteiger charge is 2.38. The fourth-order valence-electron chi connectivity index (χ4n) is 1.52.